The van der Waals surface area contributed by atoms with Crippen LogP contribution in [0.25, 0.3) is 0 Å². The largest absolute Gasteiger partial charge is 0.493 e. The van der Waals surface area contributed by atoms with E-state index in [1.165, 1.54) is 19.3 Å². The smallest absolute Gasteiger partial charge is 0.224 e. The SMILES string of the molecule is COc1ccc(CCC(=O)Nc2ccccc2N2CCCCC2)cc1OC. The second kappa shape index (κ2) is 9.31. The van der Waals surface area contributed by atoms with E-state index < -0.39 is 0 Å². The number of carbonyl (C=O) groups is 1. The summed E-state index contributed by atoms with van der Waals surface area (Å²) in [5.74, 6) is 1.40. The highest BCUT2D eigenvalue weighted by atomic mass is 16.5. The van der Waals surface area contributed by atoms with Crippen molar-refractivity contribution in [2.75, 3.05) is 37.5 Å². The van der Waals surface area contributed by atoms with E-state index in [0.717, 1.165) is 30.0 Å². The molecule has 1 amide bonds. The standard InChI is InChI=1S/C22H28N2O3/c1-26-20-12-10-17(16-21(20)27-2)11-13-22(25)23-18-8-4-5-9-19(18)24-14-6-3-7-15-24/h4-5,8-10,12,16H,3,6-7,11,13-15H2,1-2H3,(H,23,25). The van der Waals surface area contributed by atoms with E-state index >= 15 is 0 Å². The van der Waals surface area contributed by atoms with Gasteiger partial charge in [-0.1, -0.05) is 18.2 Å². The Labute approximate surface area is 161 Å². The van der Waals surface area contributed by atoms with Crippen LogP contribution in [0.4, 0.5) is 11.4 Å². The summed E-state index contributed by atoms with van der Waals surface area (Å²) < 4.78 is 10.6. The molecule has 2 aromatic rings. The summed E-state index contributed by atoms with van der Waals surface area (Å²) in [4.78, 5) is 14.9. The number of piperidine rings is 1. The summed E-state index contributed by atoms with van der Waals surface area (Å²) in [6.07, 6.45) is 4.78. The van der Waals surface area contributed by atoms with Crippen molar-refractivity contribution in [3.63, 3.8) is 0 Å². The average molecular weight is 368 g/mol. The Morgan fingerprint density at radius 3 is 2.48 bits per heavy atom. The molecule has 1 fully saturated rings. The summed E-state index contributed by atoms with van der Waals surface area (Å²) in [5, 5.41) is 3.09. The molecular formula is C22H28N2O3. The Hall–Kier alpha value is -2.69. The van der Waals surface area contributed by atoms with Gasteiger partial charge < -0.3 is 19.7 Å². The van der Waals surface area contributed by atoms with E-state index in [0.29, 0.717) is 24.3 Å². The molecule has 5 nitrogen and oxygen atoms in total. The topological polar surface area (TPSA) is 50.8 Å². The minimum atomic E-state index is 0.0224. The van der Waals surface area contributed by atoms with E-state index in [1.807, 2.05) is 36.4 Å². The summed E-state index contributed by atoms with van der Waals surface area (Å²) in [7, 11) is 3.23. The fourth-order valence-corrected chi connectivity index (χ4v) is 3.50. The second-order valence-corrected chi connectivity index (χ2v) is 6.80. The van der Waals surface area contributed by atoms with E-state index in [2.05, 4.69) is 16.3 Å². The number of aryl methyl sites for hydroxylation is 1. The van der Waals surface area contributed by atoms with Crippen molar-refractivity contribution in [2.24, 2.45) is 0 Å². The third kappa shape index (κ3) is 4.94. The molecule has 0 unspecified atom stereocenters. The summed E-state index contributed by atoms with van der Waals surface area (Å²) in [6, 6.07) is 13.8. The molecule has 0 aliphatic carbocycles. The lowest BCUT2D eigenvalue weighted by molar-refractivity contribution is -0.116. The Morgan fingerprint density at radius 2 is 1.74 bits per heavy atom. The third-order valence-corrected chi connectivity index (χ3v) is 4.96. The van der Waals surface area contributed by atoms with Gasteiger partial charge >= 0.3 is 0 Å². The fraction of sp³-hybridized carbons (Fsp3) is 0.409. The molecule has 1 aliphatic rings. The van der Waals surface area contributed by atoms with Gasteiger partial charge in [0.2, 0.25) is 5.91 Å². The van der Waals surface area contributed by atoms with Gasteiger partial charge in [-0.05, 0) is 55.5 Å². The predicted octanol–water partition coefficient (Wildman–Crippen LogP) is 4.27. The van der Waals surface area contributed by atoms with Crippen LogP contribution in [-0.4, -0.2) is 33.2 Å². The fourth-order valence-electron chi connectivity index (χ4n) is 3.50. The summed E-state index contributed by atoms with van der Waals surface area (Å²) in [6.45, 7) is 2.11. The van der Waals surface area contributed by atoms with Gasteiger partial charge in [-0.3, -0.25) is 4.79 Å². The monoisotopic (exact) mass is 368 g/mol. The summed E-state index contributed by atoms with van der Waals surface area (Å²) >= 11 is 0. The summed E-state index contributed by atoms with van der Waals surface area (Å²) in [5.41, 5.74) is 3.07. The molecule has 0 aromatic heterocycles. The lowest BCUT2D eigenvalue weighted by Gasteiger charge is -2.30. The molecule has 3 rings (SSSR count). The first-order valence-corrected chi connectivity index (χ1v) is 9.56. The number of para-hydroxylation sites is 2. The molecule has 2 aromatic carbocycles. The minimum Gasteiger partial charge on any atom is -0.493 e. The van der Waals surface area contributed by atoms with Crippen molar-refractivity contribution in [1.29, 1.82) is 0 Å². The normalized spacial score (nSPS) is 13.9. The highest BCUT2D eigenvalue weighted by Gasteiger charge is 2.15. The number of anilines is 2. The van der Waals surface area contributed by atoms with Gasteiger partial charge in [-0.25, -0.2) is 0 Å². The lowest BCUT2D eigenvalue weighted by Crippen LogP contribution is -2.30. The zero-order valence-electron chi connectivity index (χ0n) is 16.2. The van der Waals surface area contributed by atoms with Gasteiger partial charge in [0.25, 0.3) is 0 Å². The van der Waals surface area contributed by atoms with Crippen molar-refractivity contribution in [3.05, 3.63) is 48.0 Å². The minimum absolute atomic E-state index is 0.0224. The first kappa shape index (κ1) is 19.1. The molecule has 0 radical (unpaired) electrons. The highest BCUT2D eigenvalue weighted by molar-refractivity contribution is 5.94. The number of ether oxygens (including phenoxy) is 2. The Balaban J connectivity index is 1.61. The van der Waals surface area contributed by atoms with Crippen LogP contribution in [0.2, 0.25) is 0 Å². The molecule has 27 heavy (non-hydrogen) atoms. The molecular weight excluding hydrogens is 340 g/mol. The van der Waals surface area contributed by atoms with Crippen molar-refractivity contribution >= 4 is 17.3 Å². The number of hydrogen-bond donors (Lipinski definition) is 1. The number of amides is 1. The van der Waals surface area contributed by atoms with E-state index in [4.69, 9.17) is 9.47 Å². The number of benzene rings is 2. The number of hydrogen-bond acceptors (Lipinski definition) is 4. The number of nitrogens with zero attached hydrogens (tertiary/aromatic N) is 1. The Morgan fingerprint density at radius 1 is 1.00 bits per heavy atom. The Kier molecular flexibility index (Phi) is 6.58. The predicted molar refractivity (Wildman–Crippen MR) is 109 cm³/mol. The van der Waals surface area contributed by atoms with Gasteiger partial charge in [0.05, 0.1) is 25.6 Å². The van der Waals surface area contributed by atoms with Gasteiger partial charge in [0.15, 0.2) is 11.5 Å². The molecule has 144 valence electrons. The zero-order chi connectivity index (χ0) is 19.1. The van der Waals surface area contributed by atoms with Crippen molar-refractivity contribution in [1.82, 2.24) is 0 Å². The Bertz CT molecular complexity index is 770. The van der Waals surface area contributed by atoms with Crippen LogP contribution in [0.15, 0.2) is 42.5 Å². The van der Waals surface area contributed by atoms with E-state index in [-0.39, 0.29) is 5.91 Å². The number of methoxy groups -OCH3 is 2. The average Bonchev–Trinajstić information content (AvgIpc) is 2.73. The van der Waals surface area contributed by atoms with Crippen molar-refractivity contribution in [2.45, 2.75) is 32.1 Å². The molecule has 1 saturated heterocycles. The van der Waals surface area contributed by atoms with E-state index in [1.54, 1.807) is 14.2 Å². The highest BCUT2D eigenvalue weighted by Crippen LogP contribution is 2.29. The van der Waals surface area contributed by atoms with Crippen LogP contribution in [0, 0.1) is 0 Å². The first-order chi connectivity index (χ1) is 13.2. The quantitative estimate of drug-likeness (QED) is 0.793. The lowest BCUT2D eigenvalue weighted by atomic mass is 10.1. The number of rotatable bonds is 7. The number of carbonyl (C=O) groups excluding carboxylic acids is 1. The third-order valence-electron chi connectivity index (χ3n) is 4.96. The molecule has 0 bridgehead atoms. The van der Waals surface area contributed by atoms with Crippen molar-refractivity contribution < 1.29 is 14.3 Å². The molecule has 0 atom stereocenters. The maximum Gasteiger partial charge on any atom is 0.224 e. The maximum absolute atomic E-state index is 12.5. The molecule has 1 heterocycles. The van der Waals surface area contributed by atoms with Crippen LogP contribution in [-0.2, 0) is 11.2 Å². The van der Waals surface area contributed by atoms with Crippen LogP contribution < -0.4 is 19.7 Å². The molecule has 1 aliphatic heterocycles. The second-order valence-electron chi connectivity index (χ2n) is 6.80. The van der Waals surface area contributed by atoms with Crippen LogP contribution in [0.1, 0.15) is 31.2 Å². The van der Waals surface area contributed by atoms with Gasteiger partial charge in [-0.2, -0.15) is 0 Å². The molecule has 5 heteroatoms. The van der Waals surface area contributed by atoms with Crippen LogP contribution in [0.5, 0.6) is 11.5 Å². The van der Waals surface area contributed by atoms with Crippen LogP contribution in [0.3, 0.4) is 0 Å². The van der Waals surface area contributed by atoms with Gasteiger partial charge in [0.1, 0.15) is 0 Å². The molecule has 0 spiro atoms. The first-order valence-electron chi connectivity index (χ1n) is 9.56. The maximum atomic E-state index is 12.5. The van der Waals surface area contributed by atoms with E-state index in [9.17, 15) is 4.79 Å². The molecule has 0 saturated carbocycles. The van der Waals surface area contributed by atoms with Gasteiger partial charge in [0, 0.05) is 19.5 Å². The van der Waals surface area contributed by atoms with Gasteiger partial charge in [-0.15, -0.1) is 0 Å². The van der Waals surface area contributed by atoms with Crippen molar-refractivity contribution in [3.8, 4) is 11.5 Å². The number of nitrogens with one attached hydrogen (secondary N) is 1. The zero-order valence-corrected chi connectivity index (χ0v) is 16.2. The van der Waals surface area contributed by atoms with Crippen LogP contribution >= 0.6 is 0 Å². The molecule has 1 N–H and O–H groups in total.